The van der Waals surface area contributed by atoms with E-state index in [1.807, 2.05) is 0 Å². The summed E-state index contributed by atoms with van der Waals surface area (Å²) in [7, 11) is 0. The number of hydrogen-bond acceptors (Lipinski definition) is 4. The molecule has 0 unspecified atom stereocenters. The van der Waals surface area contributed by atoms with Crippen LogP contribution in [0.2, 0.25) is 0 Å². The van der Waals surface area contributed by atoms with E-state index in [1.54, 1.807) is 6.07 Å². The van der Waals surface area contributed by atoms with Crippen LogP contribution in [0.15, 0.2) is 42.5 Å². The molecule has 0 aliphatic heterocycles. The number of ether oxygens (including phenoxy) is 1. The third kappa shape index (κ3) is 2.33. The van der Waals surface area contributed by atoms with Gasteiger partial charge in [-0.2, -0.15) is 5.21 Å². The molecule has 2 aromatic carbocycles. The highest BCUT2D eigenvalue weighted by atomic mass is 19.1. The van der Waals surface area contributed by atoms with Crippen LogP contribution in [0.1, 0.15) is 0 Å². The molecule has 0 radical (unpaired) electrons. The van der Waals surface area contributed by atoms with Gasteiger partial charge in [-0.15, -0.1) is 10.2 Å². The summed E-state index contributed by atoms with van der Waals surface area (Å²) < 4.78 is 32.3. The smallest absolute Gasteiger partial charge is 0.211 e. The quantitative estimate of drug-likeness (QED) is 0.797. The van der Waals surface area contributed by atoms with Gasteiger partial charge >= 0.3 is 0 Å². The number of aromatic amines is 1. The van der Waals surface area contributed by atoms with E-state index < -0.39 is 5.82 Å². The van der Waals surface area contributed by atoms with Crippen LogP contribution >= 0.6 is 0 Å². The topological polar surface area (TPSA) is 63.7 Å². The lowest BCUT2D eigenvalue weighted by Crippen LogP contribution is -1.93. The summed E-state index contributed by atoms with van der Waals surface area (Å²) in [6.07, 6.45) is 0. The van der Waals surface area contributed by atoms with Crippen molar-refractivity contribution in [3.63, 3.8) is 0 Å². The first-order valence-corrected chi connectivity index (χ1v) is 5.70. The van der Waals surface area contributed by atoms with Crippen LogP contribution in [0.3, 0.4) is 0 Å². The lowest BCUT2D eigenvalue weighted by Gasteiger charge is -2.09. The molecule has 0 aliphatic carbocycles. The molecule has 3 aromatic rings. The molecule has 1 aromatic heterocycles. The largest absolute Gasteiger partial charge is 0.456 e. The maximum atomic E-state index is 13.9. The first-order chi connectivity index (χ1) is 9.74. The van der Waals surface area contributed by atoms with E-state index in [0.29, 0.717) is 5.75 Å². The van der Waals surface area contributed by atoms with Gasteiger partial charge in [0.2, 0.25) is 5.82 Å². The number of halogens is 2. The fourth-order valence-corrected chi connectivity index (χ4v) is 1.70. The van der Waals surface area contributed by atoms with Gasteiger partial charge in [0.25, 0.3) is 0 Å². The van der Waals surface area contributed by atoms with Crippen molar-refractivity contribution in [3.8, 4) is 22.9 Å². The summed E-state index contributed by atoms with van der Waals surface area (Å²) in [5, 5.41) is 13.1. The number of aromatic nitrogens is 4. The van der Waals surface area contributed by atoms with Gasteiger partial charge in [-0.05, 0) is 41.6 Å². The SMILES string of the molecule is Fc1ccc(Oc2cccc(F)c2-c2nn[nH]n2)cc1. The minimum absolute atomic E-state index is 0.0835. The highest BCUT2D eigenvalue weighted by molar-refractivity contribution is 5.64. The van der Waals surface area contributed by atoms with Gasteiger partial charge in [0.15, 0.2) is 0 Å². The molecular weight excluding hydrogens is 266 g/mol. The molecule has 0 amide bonds. The Labute approximate surface area is 112 Å². The zero-order valence-electron chi connectivity index (χ0n) is 10.0. The molecule has 100 valence electrons. The van der Waals surface area contributed by atoms with Crippen molar-refractivity contribution >= 4 is 0 Å². The van der Waals surface area contributed by atoms with Crippen LogP contribution in [0, 0.1) is 11.6 Å². The standard InChI is InChI=1S/C13H8F2N4O/c14-8-4-6-9(7-5-8)20-11-3-1-2-10(15)12(11)13-16-18-19-17-13/h1-7H,(H,16,17,18,19). The average Bonchev–Trinajstić information content (AvgIpc) is 2.95. The minimum atomic E-state index is -0.536. The molecule has 0 saturated carbocycles. The highest BCUT2D eigenvalue weighted by Crippen LogP contribution is 2.33. The van der Waals surface area contributed by atoms with Crippen LogP contribution in [0.25, 0.3) is 11.4 Å². The third-order valence-corrected chi connectivity index (χ3v) is 2.59. The Morgan fingerprint density at radius 3 is 2.50 bits per heavy atom. The van der Waals surface area contributed by atoms with E-state index in [9.17, 15) is 8.78 Å². The molecule has 0 fully saturated rings. The Kier molecular flexibility index (Phi) is 3.08. The molecule has 1 N–H and O–H groups in total. The molecule has 5 nitrogen and oxygen atoms in total. The number of nitrogens with zero attached hydrogens (tertiary/aromatic N) is 3. The zero-order chi connectivity index (χ0) is 13.9. The van der Waals surface area contributed by atoms with E-state index >= 15 is 0 Å². The molecule has 0 saturated heterocycles. The molecule has 1 heterocycles. The van der Waals surface area contributed by atoms with E-state index in [2.05, 4.69) is 20.6 Å². The van der Waals surface area contributed by atoms with E-state index in [-0.39, 0.29) is 23.0 Å². The van der Waals surface area contributed by atoms with Crippen molar-refractivity contribution in [2.24, 2.45) is 0 Å². The Balaban J connectivity index is 2.01. The van der Waals surface area contributed by atoms with Crippen LogP contribution in [0.4, 0.5) is 8.78 Å². The average molecular weight is 274 g/mol. The first kappa shape index (κ1) is 12.2. The van der Waals surface area contributed by atoms with Gasteiger partial charge in [-0.3, -0.25) is 0 Å². The Bertz CT molecular complexity index is 714. The van der Waals surface area contributed by atoms with Gasteiger partial charge in [-0.25, -0.2) is 8.78 Å². The maximum Gasteiger partial charge on any atom is 0.211 e. The third-order valence-electron chi connectivity index (χ3n) is 2.59. The second kappa shape index (κ2) is 5.04. The second-order valence-electron chi connectivity index (χ2n) is 3.90. The van der Waals surface area contributed by atoms with Crippen molar-refractivity contribution in [3.05, 3.63) is 54.1 Å². The predicted octanol–water partition coefficient (Wildman–Crippen LogP) is 2.94. The lowest BCUT2D eigenvalue weighted by atomic mass is 10.1. The molecule has 0 atom stereocenters. The number of nitrogens with one attached hydrogen (secondary N) is 1. The van der Waals surface area contributed by atoms with Gasteiger partial charge in [-0.1, -0.05) is 6.07 Å². The molecule has 20 heavy (non-hydrogen) atoms. The Morgan fingerprint density at radius 1 is 1.00 bits per heavy atom. The van der Waals surface area contributed by atoms with Crippen LogP contribution < -0.4 is 4.74 Å². The summed E-state index contributed by atoms with van der Waals surface area (Å²) in [5.74, 6) is -0.235. The van der Waals surface area contributed by atoms with E-state index in [1.165, 1.54) is 36.4 Å². The normalized spacial score (nSPS) is 10.5. The van der Waals surface area contributed by atoms with Crippen molar-refractivity contribution in [1.82, 2.24) is 20.6 Å². The molecular formula is C13H8F2N4O. The molecule has 0 spiro atoms. The number of tetrazole rings is 1. The van der Waals surface area contributed by atoms with Crippen molar-refractivity contribution < 1.29 is 13.5 Å². The van der Waals surface area contributed by atoms with Crippen molar-refractivity contribution in [2.75, 3.05) is 0 Å². The van der Waals surface area contributed by atoms with Crippen LogP contribution in [-0.2, 0) is 0 Å². The van der Waals surface area contributed by atoms with Crippen molar-refractivity contribution in [1.29, 1.82) is 0 Å². The summed E-state index contributed by atoms with van der Waals surface area (Å²) in [6.45, 7) is 0. The number of hydrogen-bond donors (Lipinski definition) is 1. The van der Waals surface area contributed by atoms with Gasteiger partial charge < -0.3 is 4.74 Å². The summed E-state index contributed by atoms with van der Waals surface area (Å²) in [5.41, 5.74) is 0.0885. The summed E-state index contributed by atoms with van der Waals surface area (Å²) in [4.78, 5) is 0. The van der Waals surface area contributed by atoms with Crippen LogP contribution in [-0.4, -0.2) is 20.6 Å². The van der Waals surface area contributed by atoms with Gasteiger partial charge in [0.05, 0.1) is 0 Å². The molecule has 0 aliphatic rings. The first-order valence-electron chi connectivity index (χ1n) is 5.70. The Morgan fingerprint density at radius 2 is 1.80 bits per heavy atom. The molecule has 7 heteroatoms. The fraction of sp³-hybridized carbons (Fsp3) is 0. The predicted molar refractivity (Wildman–Crippen MR) is 66.0 cm³/mol. The number of rotatable bonds is 3. The highest BCUT2D eigenvalue weighted by Gasteiger charge is 2.16. The van der Waals surface area contributed by atoms with Gasteiger partial charge in [0, 0.05) is 0 Å². The van der Waals surface area contributed by atoms with Gasteiger partial charge in [0.1, 0.15) is 28.7 Å². The fourth-order valence-electron chi connectivity index (χ4n) is 1.70. The summed E-state index contributed by atoms with van der Waals surface area (Å²) in [6, 6.07) is 9.73. The van der Waals surface area contributed by atoms with Crippen molar-refractivity contribution in [2.45, 2.75) is 0 Å². The Hall–Kier alpha value is -2.83. The molecule has 3 rings (SSSR count). The van der Waals surface area contributed by atoms with E-state index in [4.69, 9.17) is 4.74 Å². The minimum Gasteiger partial charge on any atom is -0.456 e. The maximum absolute atomic E-state index is 13.9. The zero-order valence-corrected chi connectivity index (χ0v) is 10.0. The number of H-pyrrole nitrogens is 1. The van der Waals surface area contributed by atoms with E-state index in [0.717, 1.165) is 0 Å². The molecule has 0 bridgehead atoms. The lowest BCUT2D eigenvalue weighted by molar-refractivity contribution is 0.477. The second-order valence-corrected chi connectivity index (χ2v) is 3.90. The van der Waals surface area contributed by atoms with Crippen LogP contribution in [0.5, 0.6) is 11.5 Å². The monoisotopic (exact) mass is 274 g/mol. The number of benzene rings is 2. The summed E-state index contributed by atoms with van der Waals surface area (Å²) >= 11 is 0.